The maximum atomic E-state index is 12.6. The Morgan fingerprint density at radius 3 is 3.00 bits per heavy atom. The van der Waals surface area contributed by atoms with Crippen molar-refractivity contribution < 1.29 is 22.7 Å². The molecule has 1 atom stereocenters. The molecule has 1 aliphatic heterocycles. The van der Waals surface area contributed by atoms with Gasteiger partial charge in [0.1, 0.15) is 0 Å². The molecular formula is C13H13F3N2O2S. The normalized spacial score (nSPS) is 19.3. The van der Waals surface area contributed by atoms with Gasteiger partial charge in [-0.25, -0.2) is 10.5 Å². The van der Waals surface area contributed by atoms with E-state index >= 15 is 0 Å². The van der Waals surface area contributed by atoms with Crippen LogP contribution in [0.15, 0.2) is 18.2 Å². The van der Waals surface area contributed by atoms with Crippen LogP contribution in [-0.4, -0.2) is 24.8 Å². The number of nitrogens with one attached hydrogen (secondary N) is 1. The summed E-state index contributed by atoms with van der Waals surface area (Å²) in [6, 6.07) is 3.52. The van der Waals surface area contributed by atoms with Crippen LogP contribution >= 0.6 is 11.3 Å². The number of halogens is 3. The summed E-state index contributed by atoms with van der Waals surface area (Å²) in [6.45, 7) is 1.91. The third-order valence-corrected chi connectivity index (χ3v) is 4.15. The van der Waals surface area contributed by atoms with Crippen LogP contribution in [0.2, 0.25) is 0 Å². The molecule has 1 fully saturated rings. The lowest BCUT2D eigenvalue weighted by molar-refractivity contribution is -0.137. The van der Waals surface area contributed by atoms with E-state index < -0.39 is 11.7 Å². The predicted molar refractivity (Wildman–Crippen MR) is 73.1 cm³/mol. The first-order valence-electron chi connectivity index (χ1n) is 6.46. The lowest BCUT2D eigenvalue weighted by Gasteiger charge is -2.07. The Labute approximate surface area is 122 Å². The van der Waals surface area contributed by atoms with Crippen molar-refractivity contribution in [1.82, 2.24) is 4.98 Å². The molecular weight excluding hydrogens is 305 g/mol. The SMILES string of the molecule is FC(F)(F)c1ccc2sc(NOCC3CCOC3)nc2c1. The second kappa shape index (κ2) is 5.78. The van der Waals surface area contributed by atoms with E-state index in [1.807, 2.05) is 0 Å². The molecule has 1 saturated heterocycles. The van der Waals surface area contributed by atoms with E-state index in [9.17, 15) is 13.2 Å². The molecule has 21 heavy (non-hydrogen) atoms. The molecule has 2 aromatic rings. The average Bonchev–Trinajstić information content (AvgIpc) is 3.05. The van der Waals surface area contributed by atoms with E-state index in [1.165, 1.54) is 17.4 Å². The first-order chi connectivity index (χ1) is 10.0. The fraction of sp³-hybridized carbons (Fsp3) is 0.462. The summed E-state index contributed by atoms with van der Waals surface area (Å²) in [5, 5.41) is 0.447. The van der Waals surface area contributed by atoms with E-state index in [-0.39, 0.29) is 0 Å². The summed E-state index contributed by atoms with van der Waals surface area (Å²) in [6.07, 6.45) is -3.40. The fourth-order valence-electron chi connectivity index (χ4n) is 2.08. The minimum absolute atomic E-state index is 0.310. The molecule has 0 spiro atoms. The minimum Gasteiger partial charge on any atom is -0.381 e. The molecule has 2 heterocycles. The van der Waals surface area contributed by atoms with E-state index in [0.717, 1.165) is 25.2 Å². The van der Waals surface area contributed by atoms with Crippen molar-refractivity contribution in [2.75, 3.05) is 25.3 Å². The van der Waals surface area contributed by atoms with Gasteiger partial charge in [-0.3, -0.25) is 4.84 Å². The Bertz CT molecular complexity index is 623. The molecule has 1 aliphatic rings. The van der Waals surface area contributed by atoms with Gasteiger partial charge in [0.15, 0.2) is 0 Å². The number of ether oxygens (including phenoxy) is 1. The zero-order valence-electron chi connectivity index (χ0n) is 10.9. The Morgan fingerprint density at radius 2 is 2.29 bits per heavy atom. The maximum absolute atomic E-state index is 12.6. The van der Waals surface area contributed by atoms with Gasteiger partial charge in [-0.2, -0.15) is 13.2 Å². The third kappa shape index (κ3) is 3.45. The number of hydrogen-bond acceptors (Lipinski definition) is 5. The first-order valence-corrected chi connectivity index (χ1v) is 7.27. The van der Waals surface area contributed by atoms with Crippen LogP contribution in [0.3, 0.4) is 0 Å². The van der Waals surface area contributed by atoms with Crippen molar-refractivity contribution in [3.63, 3.8) is 0 Å². The number of benzene rings is 1. The zero-order valence-corrected chi connectivity index (χ0v) is 11.8. The van der Waals surface area contributed by atoms with Gasteiger partial charge in [-0.15, -0.1) is 0 Å². The van der Waals surface area contributed by atoms with Gasteiger partial charge in [0.2, 0.25) is 5.13 Å². The summed E-state index contributed by atoms with van der Waals surface area (Å²) in [7, 11) is 0. The van der Waals surface area contributed by atoms with Gasteiger partial charge in [0, 0.05) is 12.5 Å². The quantitative estimate of drug-likeness (QED) is 0.873. The van der Waals surface area contributed by atoms with Crippen molar-refractivity contribution >= 4 is 26.7 Å². The van der Waals surface area contributed by atoms with E-state index in [4.69, 9.17) is 9.57 Å². The molecule has 1 aromatic heterocycles. The van der Waals surface area contributed by atoms with Crippen LogP contribution in [0.5, 0.6) is 0 Å². The number of fused-ring (bicyclic) bond motifs is 1. The molecule has 4 nitrogen and oxygen atoms in total. The number of nitrogens with zero attached hydrogens (tertiary/aromatic N) is 1. The average molecular weight is 318 g/mol. The smallest absolute Gasteiger partial charge is 0.381 e. The lowest BCUT2D eigenvalue weighted by Crippen LogP contribution is -2.12. The minimum atomic E-state index is -4.36. The molecule has 8 heteroatoms. The Morgan fingerprint density at radius 1 is 1.43 bits per heavy atom. The zero-order chi connectivity index (χ0) is 14.9. The van der Waals surface area contributed by atoms with Gasteiger partial charge in [-0.05, 0) is 24.6 Å². The highest BCUT2D eigenvalue weighted by Crippen LogP contribution is 2.34. The molecule has 0 radical (unpaired) electrons. The van der Waals surface area contributed by atoms with Crippen molar-refractivity contribution in [3.8, 4) is 0 Å². The molecule has 114 valence electrons. The summed E-state index contributed by atoms with van der Waals surface area (Å²) in [5.41, 5.74) is 2.30. The predicted octanol–water partition coefficient (Wildman–Crippen LogP) is 3.70. The number of thiazole rings is 1. The number of anilines is 1. The van der Waals surface area contributed by atoms with Gasteiger partial charge >= 0.3 is 6.18 Å². The summed E-state index contributed by atoms with van der Waals surface area (Å²) >= 11 is 1.25. The molecule has 0 aliphatic carbocycles. The van der Waals surface area contributed by atoms with Gasteiger partial charge < -0.3 is 4.74 Å². The number of aromatic nitrogens is 1. The van der Waals surface area contributed by atoms with E-state index in [0.29, 0.717) is 34.5 Å². The Kier molecular flexibility index (Phi) is 4.01. The standard InChI is InChI=1S/C13H13F3N2O2S/c14-13(15,16)9-1-2-11-10(5-9)17-12(21-11)18-20-7-8-3-4-19-6-8/h1-2,5,8H,3-4,6-7H2,(H,17,18). The molecule has 0 amide bonds. The largest absolute Gasteiger partial charge is 0.416 e. The first kappa shape index (κ1) is 14.6. The molecule has 0 bridgehead atoms. The summed E-state index contributed by atoms with van der Waals surface area (Å²) < 4.78 is 43.8. The topological polar surface area (TPSA) is 43.4 Å². The summed E-state index contributed by atoms with van der Waals surface area (Å²) in [5.74, 6) is 0.351. The highest BCUT2D eigenvalue weighted by Gasteiger charge is 2.30. The number of alkyl halides is 3. The summed E-state index contributed by atoms with van der Waals surface area (Å²) in [4.78, 5) is 9.43. The van der Waals surface area contributed by atoms with Crippen LogP contribution in [0.4, 0.5) is 18.3 Å². The molecule has 1 aromatic carbocycles. The molecule has 1 unspecified atom stereocenters. The van der Waals surface area contributed by atoms with E-state index in [1.54, 1.807) is 0 Å². The van der Waals surface area contributed by atoms with Crippen LogP contribution in [-0.2, 0) is 15.8 Å². The monoisotopic (exact) mass is 318 g/mol. The van der Waals surface area contributed by atoms with Crippen LogP contribution in [0.1, 0.15) is 12.0 Å². The van der Waals surface area contributed by atoms with Crippen molar-refractivity contribution in [3.05, 3.63) is 23.8 Å². The highest BCUT2D eigenvalue weighted by molar-refractivity contribution is 7.22. The van der Waals surface area contributed by atoms with Gasteiger partial charge in [0.05, 0.1) is 29.0 Å². The van der Waals surface area contributed by atoms with Crippen molar-refractivity contribution in [1.29, 1.82) is 0 Å². The van der Waals surface area contributed by atoms with Crippen LogP contribution in [0, 0.1) is 5.92 Å². The molecule has 3 rings (SSSR count). The molecule has 0 saturated carbocycles. The number of hydrogen-bond donors (Lipinski definition) is 1. The lowest BCUT2D eigenvalue weighted by atomic mass is 10.1. The second-order valence-electron chi connectivity index (χ2n) is 4.84. The third-order valence-electron chi connectivity index (χ3n) is 3.22. The number of rotatable bonds is 4. The second-order valence-corrected chi connectivity index (χ2v) is 5.87. The maximum Gasteiger partial charge on any atom is 0.416 e. The Hall–Kier alpha value is -1.38. The highest BCUT2D eigenvalue weighted by atomic mass is 32.1. The van der Waals surface area contributed by atoms with Crippen LogP contribution in [0.25, 0.3) is 10.2 Å². The van der Waals surface area contributed by atoms with Gasteiger partial charge in [0.25, 0.3) is 0 Å². The van der Waals surface area contributed by atoms with E-state index in [2.05, 4.69) is 10.5 Å². The Balaban J connectivity index is 1.66. The van der Waals surface area contributed by atoms with Crippen molar-refractivity contribution in [2.45, 2.75) is 12.6 Å². The molecule has 1 N–H and O–H groups in total. The fourth-order valence-corrected chi connectivity index (χ4v) is 2.88. The van der Waals surface area contributed by atoms with Gasteiger partial charge in [-0.1, -0.05) is 11.3 Å². The van der Waals surface area contributed by atoms with Crippen LogP contribution < -0.4 is 5.48 Å². The van der Waals surface area contributed by atoms with Crippen molar-refractivity contribution in [2.24, 2.45) is 5.92 Å².